The van der Waals surface area contributed by atoms with Crippen molar-refractivity contribution in [2.45, 2.75) is 82.2 Å². The third kappa shape index (κ3) is 8.81. The molecule has 2 aliphatic heterocycles. The number of cyclic esters (lactones) is 1. The fourth-order valence-corrected chi connectivity index (χ4v) is 5.76. The highest BCUT2D eigenvalue weighted by atomic mass is 32.2. The normalized spacial score (nSPS) is 18.1. The van der Waals surface area contributed by atoms with Gasteiger partial charge in [0.25, 0.3) is 0 Å². The molecular weight excluding hydrogens is 548 g/mol. The van der Waals surface area contributed by atoms with Crippen molar-refractivity contribution < 1.29 is 36.9 Å². The van der Waals surface area contributed by atoms with E-state index in [0.29, 0.717) is 32.9 Å². The highest BCUT2D eigenvalue weighted by Crippen LogP contribution is 2.35. The Morgan fingerprint density at radius 1 is 1.02 bits per heavy atom. The van der Waals surface area contributed by atoms with Gasteiger partial charge in [-0.05, 0) is 67.5 Å². The van der Waals surface area contributed by atoms with Crippen LogP contribution in [0.3, 0.4) is 0 Å². The van der Waals surface area contributed by atoms with Crippen LogP contribution in [0.15, 0.2) is 41.3 Å². The molecule has 0 bridgehead atoms. The molecule has 0 radical (unpaired) electrons. The number of sulfonamides is 1. The van der Waals surface area contributed by atoms with Crippen LogP contribution in [-0.2, 0) is 37.3 Å². The van der Waals surface area contributed by atoms with Crippen molar-refractivity contribution in [2.24, 2.45) is 5.14 Å². The molecule has 2 aliphatic rings. The number of carbonyl (C=O) groups is 1. The van der Waals surface area contributed by atoms with Crippen LogP contribution in [0.1, 0.15) is 75.2 Å². The van der Waals surface area contributed by atoms with Gasteiger partial charge in [0, 0.05) is 39.2 Å². The zero-order chi connectivity index (χ0) is 29.5. The number of aryl methyl sites for hydroxylation is 1. The summed E-state index contributed by atoms with van der Waals surface area (Å²) >= 11 is 0. The Bertz CT molecular complexity index is 1300. The molecule has 1 saturated heterocycles. The number of methoxy groups -OCH3 is 1. The van der Waals surface area contributed by atoms with Gasteiger partial charge in [-0.25, -0.2) is 18.4 Å². The average Bonchev–Trinajstić information content (AvgIpc) is 3.30. The maximum Gasteiger partial charge on any atom is 0.410 e. The third-order valence-electron chi connectivity index (χ3n) is 7.28. The summed E-state index contributed by atoms with van der Waals surface area (Å²) in [6.07, 6.45) is 5.91. The van der Waals surface area contributed by atoms with Crippen LogP contribution in [-0.4, -0.2) is 58.6 Å². The number of nitrogens with two attached hydrogens (primary N) is 1. The average molecular weight is 591 g/mol. The minimum atomic E-state index is -3.83. The van der Waals surface area contributed by atoms with Crippen LogP contribution in [0.5, 0.6) is 11.5 Å². The van der Waals surface area contributed by atoms with Crippen LogP contribution >= 0.6 is 0 Å². The lowest BCUT2D eigenvalue weighted by molar-refractivity contribution is -0.180. The lowest BCUT2D eigenvalue weighted by atomic mass is 10.0. The Morgan fingerprint density at radius 2 is 1.78 bits per heavy atom. The molecule has 11 heteroatoms. The molecule has 41 heavy (non-hydrogen) atoms. The molecule has 10 nitrogen and oxygen atoms in total. The molecule has 0 saturated carbocycles. The Morgan fingerprint density at radius 3 is 2.54 bits per heavy atom. The van der Waals surface area contributed by atoms with Crippen molar-refractivity contribution in [3.05, 3.63) is 53.1 Å². The van der Waals surface area contributed by atoms with E-state index in [0.717, 1.165) is 67.4 Å². The van der Waals surface area contributed by atoms with E-state index >= 15 is 0 Å². The number of ether oxygens (including phenoxy) is 5. The summed E-state index contributed by atoms with van der Waals surface area (Å²) in [7, 11) is -2.41. The molecule has 2 heterocycles. The van der Waals surface area contributed by atoms with E-state index in [-0.39, 0.29) is 22.8 Å². The van der Waals surface area contributed by atoms with Crippen molar-refractivity contribution in [1.29, 1.82) is 0 Å². The number of benzene rings is 2. The standard InChI is InChI=1S/C30H42N2O8S/c1-30(2)38-21-24-19-23(12-14-25(24)40-30)27-20-32(29(33)39-27)15-7-4-5-8-16-37-17-9-6-10-22-11-13-26(36-3)28(18-22)41(31,34)35/h11-14,18-19,27H,4-10,15-17,20-21H2,1-3H3,(H2,31,34,35). The third-order valence-corrected chi connectivity index (χ3v) is 8.21. The monoisotopic (exact) mass is 590 g/mol. The quantitative estimate of drug-likeness (QED) is 0.285. The molecule has 0 aliphatic carbocycles. The molecule has 2 aromatic rings. The molecule has 1 amide bonds. The molecule has 0 aromatic heterocycles. The largest absolute Gasteiger partial charge is 0.495 e. The second-order valence-electron chi connectivity index (χ2n) is 11.0. The maximum absolute atomic E-state index is 12.4. The molecule has 0 spiro atoms. The number of fused-ring (bicyclic) bond motifs is 1. The molecule has 226 valence electrons. The van der Waals surface area contributed by atoms with E-state index in [1.807, 2.05) is 38.1 Å². The Kier molecular flexibility index (Phi) is 10.5. The van der Waals surface area contributed by atoms with Gasteiger partial charge in [-0.2, -0.15) is 0 Å². The molecule has 1 atom stereocenters. The van der Waals surface area contributed by atoms with Crippen LogP contribution in [0.4, 0.5) is 4.79 Å². The van der Waals surface area contributed by atoms with Gasteiger partial charge >= 0.3 is 6.09 Å². The number of unbranched alkanes of at least 4 members (excludes halogenated alkanes) is 4. The minimum absolute atomic E-state index is 0.0138. The van der Waals surface area contributed by atoms with Crippen molar-refractivity contribution in [3.63, 3.8) is 0 Å². The summed E-state index contributed by atoms with van der Waals surface area (Å²) in [6, 6.07) is 11.0. The van der Waals surface area contributed by atoms with Crippen molar-refractivity contribution in [1.82, 2.24) is 4.90 Å². The minimum Gasteiger partial charge on any atom is -0.495 e. The van der Waals surface area contributed by atoms with Crippen LogP contribution in [0.2, 0.25) is 0 Å². The summed E-state index contributed by atoms with van der Waals surface area (Å²) in [4.78, 5) is 14.2. The first-order valence-electron chi connectivity index (χ1n) is 14.2. The Labute approximate surface area is 243 Å². The van der Waals surface area contributed by atoms with Crippen LogP contribution < -0.4 is 14.6 Å². The SMILES string of the molecule is COc1ccc(CCCCOCCCCCCN2CC(c3ccc4c(c3)COC(C)(C)O4)OC2=O)cc1S(N)(=O)=O. The van der Waals surface area contributed by atoms with Crippen molar-refractivity contribution in [2.75, 3.05) is 33.4 Å². The molecule has 1 unspecified atom stereocenters. The Balaban J connectivity index is 1.05. The molecule has 2 aromatic carbocycles. The van der Waals surface area contributed by atoms with E-state index in [9.17, 15) is 13.2 Å². The molecular formula is C30H42N2O8S. The van der Waals surface area contributed by atoms with E-state index in [4.69, 9.17) is 28.8 Å². The first kappa shape index (κ1) is 31.1. The van der Waals surface area contributed by atoms with E-state index < -0.39 is 15.8 Å². The van der Waals surface area contributed by atoms with E-state index in [1.54, 1.807) is 17.0 Å². The highest BCUT2D eigenvalue weighted by molar-refractivity contribution is 7.89. The molecule has 1 fully saturated rings. The predicted molar refractivity (Wildman–Crippen MR) is 153 cm³/mol. The zero-order valence-electron chi connectivity index (χ0n) is 24.2. The Hall–Kier alpha value is -2.86. The van der Waals surface area contributed by atoms with Gasteiger partial charge in [-0.1, -0.05) is 25.0 Å². The number of amides is 1. The molecule has 4 rings (SSSR count). The summed E-state index contributed by atoms with van der Waals surface area (Å²) in [6.45, 7) is 6.84. The van der Waals surface area contributed by atoms with Gasteiger partial charge in [-0.15, -0.1) is 0 Å². The number of hydrogen-bond donors (Lipinski definition) is 1. The summed E-state index contributed by atoms with van der Waals surface area (Å²) in [5, 5.41) is 5.29. The van der Waals surface area contributed by atoms with Gasteiger partial charge in [0.15, 0.2) is 0 Å². The lowest BCUT2D eigenvalue weighted by Crippen LogP contribution is -2.35. The number of primary sulfonamides is 1. The van der Waals surface area contributed by atoms with E-state index in [1.165, 1.54) is 7.11 Å². The fraction of sp³-hybridized carbons (Fsp3) is 0.567. The number of carbonyl (C=O) groups excluding carboxylic acids is 1. The highest BCUT2D eigenvalue weighted by Gasteiger charge is 2.33. The zero-order valence-corrected chi connectivity index (χ0v) is 25.0. The summed E-state index contributed by atoms with van der Waals surface area (Å²) < 4.78 is 51.6. The van der Waals surface area contributed by atoms with Gasteiger partial charge in [0.1, 0.15) is 22.5 Å². The topological polar surface area (TPSA) is 127 Å². The number of hydrogen-bond acceptors (Lipinski definition) is 8. The van der Waals surface area contributed by atoms with Gasteiger partial charge in [0.05, 0.1) is 20.3 Å². The van der Waals surface area contributed by atoms with Gasteiger partial charge < -0.3 is 28.6 Å². The number of nitrogens with zero attached hydrogens (tertiary/aromatic N) is 1. The van der Waals surface area contributed by atoms with Gasteiger partial charge in [0.2, 0.25) is 15.8 Å². The number of rotatable bonds is 15. The second-order valence-corrected chi connectivity index (χ2v) is 12.5. The lowest BCUT2D eigenvalue weighted by Gasteiger charge is -2.32. The van der Waals surface area contributed by atoms with Crippen LogP contribution in [0.25, 0.3) is 0 Å². The predicted octanol–water partition coefficient (Wildman–Crippen LogP) is 5.08. The van der Waals surface area contributed by atoms with Crippen LogP contribution in [0, 0.1) is 0 Å². The first-order chi connectivity index (χ1) is 19.6. The summed E-state index contributed by atoms with van der Waals surface area (Å²) in [5.41, 5.74) is 2.83. The van der Waals surface area contributed by atoms with Crippen molar-refractivity contribution in [3.8, 4) is 11.5 Å². The fourth-order valence-electron chi connectivity index (χ4n) is 5.02. The second kappa shape index (κ2) is 13.9. The van der Waals surface area contributed by atoms with Crippen molar-refractivity contribution >= 4 is 16.1 Å². The first-order valence-corrected chi connectivity index (χ1v) is 15.8. The maximum atomic E-state index is 12.4. The smallest absolute Gasteiger partial charge is 0.410 e. The summed E-state index contributed by atoms with van der Waals surface area (Å²) in [5.74, 6) is 0.428. The molecule has 2 N–H and O–H groups in total. The van der Waals surface area contributed by atoms with E-state index in [2.05, 4.69) is 0 Å². The van der Waals surface area contributed by atoms with Gasteiger partial charge in [-0.3, -0.25) is 0 Å².